The summed E-state index contributed by atoms with van der Waals surface area (Å²) >= 11 is 0. The summed E-state index contributed by atoms with van der Waals surface area (Å²) in [5, 5.41) is 4.32. The highest BCUT2D eigenvalue weighted by molar-refractivity contribution is 5.70. The second-order valence-corrected chi connectivity index (χ2v) is 9.29. The van der Waals surface area contributed by atoms with Crippen LogP contribution in [0.3, 0.4) is 0 Å². The number of hydrogen-bond donors (Lipinski definition) is 0. The molecule has 2 saturated heterocycles. The average molecular weight is 454 g/mol. The Hall–Kier alpha value is -4.28. The molecule has 168 valence electrons. The predicted octanol–water partition coefficient (Wildman–Crippen LogP) is 1.60. The van der Waals surface area contributed by atoms with Crippen LogP contribution in [-0.4, -0.2) is 46.8 Å². The Morgan fingerprint density at radius 2 is 2.03 bits per heavy atom. The van der Waals surface area contributed by atoms with Crippen molar-refractivity contribution in [1.29, 1.82) is 0 Å². The molecule has 6 heterocycles. The first-order chi connectivity index (χ1) is 16.7. The number of fused-ring (bicyclic) bond motifs is 2. The van der Waals surface area contributed by atoms with Gasteiger partial charge in [0.1, 0.15) is 12.9 Å². The summed E-state index contributed by atoms with van der Waals surface area (Å²) in [5.74, 6) is 3.05. The van der Waals surface area contributed by atoms with Gasteiger partial charge >= 0.3 is 0 Å². The predicted molar refractivity (Wildman–Crippen MR) is 118 cm³/mol. The van der Waals surface area contributed by atoms with Crippen molar-refractivity contribution in [3.63, 3.8) is 0 Å². The van der Waals surface area contributed by atoms with Gasteiger partial charge in [-0.25, -0.2) is 15.0 Å². The molecule has 0 N–H and O–H groups in total. The lowest BCUT2D eigenvalue weighted by molar-refractivity contribution is 0.362. The maximum Gasteiger partial charge on any atom is 0.280 e. The molecule has 11 heteroatoms. The first-order valence-corrected chi connectivity index (χ1v) is 11.1. The highest BCUT2D eigenvalue weighted by atomic mass is 16.5. The minimum atomic E-state index is -0.182. The van der Waals surface area contributed by atoms with Gasteiger partial charge in [-0.1, -0.05) is 5.16 Å². The van der Waals surface area contributed by atoms with Gasteiger partial charge in [0, 0.05) is 36.8 Å². The molecule has 4 atom stereocenters. The minimum absolute atomic E-state index is 0.0133. The van der Waals surface area contributed by atoms with E-state index in [0.717, 1.165) is 23.7 Å². The van der Waals surface area contributed by atoms with Crippen molar-refractivity contribution < 1.29 is 8.94 Å². The number of anilines is 1. The Morgan fingerprint density at radius 3 is 2.82 bits per heavy atom. The molecule has 4 aromatic heterocycles. The van der Waals surface area contributed by atoms with Crippen molar-refractivity contribution in [2.75, 3.05) is 11.4 Å². The van der Waals surface area contributed by atoms with Crippen LogP contribution in [-0.2, 0) is 19.0 Å². The van der Waals surface area contributed by atoms with Gasteiger partial charge in [-0.15, -0.1) is 0 Å². The first kappa shape index (κ1) is 18.2. The van der Waals surface area contributed by atoms with Crippen molar-refractivity contribution in [2.24, 2.45) is 18.9 Å². The Kier molecular flexibility index (Phi) is 3.20. The topological polar surface area (TPSA) is 121 Å². The van der Waals surface area contributed by atoms with Crippen LogP contribution in [0.15, 0.2) is 63.2 Å². The number of aromatic nitrogens is 7. The van der Waals surface area contributed by atoms with E-state index in [4.69, 9.17) is 13.9 Å². The molecule has 0 spiro atoms. The second kappa shape index (κ2) is 5.99. The molecule has 11 nitrogen and oxygen atoms in total. The molecule has 1 aromatic carbocycles. The Labute approximate surface area is 191 Å². The minimum Gasteiger partial charge on any atom is -0.444 e. The molecule has 2 aliphatic carbocycles. The van der Waals surface area contributed by atoms with Crippen LogP contribution in [0, 0.1) is 11.8 Å². The lowest BCUT2D eigenvalue weighted by Gasteiger charge is -2.19. The zero-order valence-corrected chi connectivity index (χ0v) is 18.1. The van der Waals surface area contributed by atoms with Crippen molar-refractivity contribution in [3.8, 4) is 11.3 Å². The zero-order valence-electron chi connectivity index (χ0n) is 18.1. The molecule has 2 aliphatic heterocycles. The summed E-state index contributed by atoms with van der Waals surface area (Å²) in [4.78, 5) is 32.3. The summed E-state index contributed by atoms with van der Waals surface area (Å²) in [7, 11) is 1.77. The van der Waals surface area contributed by atoms with E-state index >= 15 is 0 Å². The van der Waals surface area contributed by atoms with Gasteiger partial charge in [0.25, 0.3) is 5.56 Å². The molecule has 5 aromatic rings. The molecule has 4 fully saturated rings. The highest BCUT2D eigenvalue weighted by Gasteiger charge is 2.95. The van der Waals surface area contributed by atoms with Crippen LogP contribution in [0.5, 0.6) is 0 Å². The second-order valence-electron chi connectivity index (χ2n) is 9.29. The molecule has 9 rings (SSSR count). The van der Waals surface area contributed by atoms with Gasteiger partial charge in [0.2, 0.25) is 5.89 Å². The monoisotopic (exact) mass is 454 g/mol. The number of benzene rings is 1. The number of nitrogens with zero attached hydrogens (tertiary/aromatic N) is 8. The standard InChI is InChI=1S/C23H18N8O3/c1-29-9-25-20-18(29)21(32)30(10-26-20)8-16-27-22(28-34-16)23-14-7-31(19(23)17(14)23)13-4-2-12(3-5-13)15-6-24-11-33-15/h2-6,9-11,14,17,19H,7-8H2,1H3/t14-,17-,19?,23-/m1/s1. The largest absolute Gasteiger partial charge is 0.444 e. The molecule has 34 heavy (non-hydrogen) atoms. The van der Waals surface area contributed by atoms with E-state index in [2.05, 4.69) is 49.3 Å². The van der Waals surface area contributed by atoms with Gasteiger partial charge in [0.05, 0.1) is 17.9 Å². The normalized spacial score (nSPS) is 26.3. The summed E-state index contributed by atoms with van der Waals surface area (Å²) in [6.45, 7) is 1.17. The fourth-order valence-corrected chi connectivity index (χ4v) is 6.00. The summed E-state index contributed by atoms with van der Waals surface area (Å²) < 4.78 is 14.1. The molecule has 1 unspecified atom stereocenters. The fourth-order valence-electron chi connectivity index (χ4n) is 6.00. The number of rotatable bonds is 5. The third-order valence-electron chi connectivity index (χ3n) is 7.72. The van der Waals surface area contributed by atoms with E-state index in [1.54, 1.807) is 24.1 Å². The van der Waals surface area contributed by atoms with Gasteiger partial charge < -0.3 is 18.4 Å². The van der Waals surface area contributed by atoms with E-state index < -0.39 is 0 Å². The van der Waals surface area contributed by atoms with Crippen molar-refractivity contribution in [1.82, 2.24) is 34.2 Å². The molecule has 0 radical (unpaired) electrons. The van der Waals surface area contributed by atoms with Gasteiger partial charge in [-0.05, 0) is 30.2 Å². The van der Waals surface area contributed by atoms with Crippen LogP contribution in [0.25, 0.3) is 22.5 Å². The number of oxazole rings is 1. The van der Waals surface area contributed by atoms with E-state index in [1.165, 1.54) is 23.0 Å². The van der Waals surface area contributed by atoms with E-state index in [0.29, 0.717) is 34.9 Å². The summed E-state index contributed by atoms with van der Waals surface area (Å²) in [5.41, 5.74) is 2.88. The Bertz CT molecular complexity index is 1630. The van der Waals surface area contributed by atoms with E-state index in [1.807, 2.05) is 0 Å². The molecule has 0 amide bonds. The molecule has 4 aliphatic rings. The molecule has 2 bridgehead atoms. The summed E-state index contributed by atoms with van der Waals surface area (Å²) in [6.07, 6.45) is 6.21. The van der Waals surface area contributed by atoms with E-state index in [9.17, 15) is 4.79 Å². The van der Waals surface area contributed by atoms with Crippen LogP contribution >= 0.6 is 0 Å². The van der Waals surface area contributed by atoms with Crippen LogP contribution in [0.4, 0.5) is 5.69 Å². The van der Waals surface area contributed by atoms with Gasteiger partial charge in [0.15, 0.2) is 29.1 Å². The Balaban J connectivity index is 1.04. The average Bonchev–Trinajstić information content (AvgIpc) is 3.37. The number of aryl methyl sites for hydroxylation is 1. The third-order valence-corrected chi connectivity index (χ3v) is 7.72. The maximum atomic E-state index is 12.8. The number of imidazole rings is 1. The van der Waals surface area contributed by atoms with Crippen molar-refractivity contribution >= 4 is 16.9 Å². The van der Waals surface area contributed by atoms with Crippen LogP contribution in [0.2, 0.25) is 0 Å². The number of piperidine rings is 1. The smallest absolute Gasteiger partial charge is 0.280 e. The van der Waals surface area contributed by atoms with Crippen LogP contribution in [0.1, 0.15) is 11.7 Å². The first-order valence-electron chi connectivity index (χ1n) is 11.1. The maximum absolute atomic E-state index is 12.8. The number of hydrogen-bond acceptors (Lipinski definition) is 9. The fraction of sp³-hybridized carbons (Fsp3) is 0.304. The third kappa shape index (κ3) is 2.16. The SMILES string of the molecule is Cn1cnc2ncn(Cc3nc([C@@]45C6[C@H]4[C@H]5CN6c4ccc(-c5cnco5)cc4)no3)c(=O)c21. The van der Waals surface area contributed by atoms with Crippen LogP contribution < -0.4 is 10.5 Å². The molecule has 2 saturated carbocycles. The van der Waals surface area contributed by atoms with Gasteiger partial charge in [-0.2, -0.15) is 4.98 Å². The lowest BCUT2D eigenvalue weighted by atomic mass is 10.1. The highest BCUT2D eigenvalue weighted by Crippen LogP contribution is 2.85. The Morgan fingerprint density at radius 1 is 1.18 bits per heavy atom. The zero-order chi connectivity index (χ0) is 22.6. The molecular weight excluding hydrogens is 436 g/mol. The molecular formula is C23H18N8O3. The lowest BCUT2D eigenvalue weighted by Crippen LogP contribution is -2.23. The van der Waals surface area contributed by atoms with Crippen molar-refractivity contribution in [2.45, 2.75) is 18.0 Å². The summed E-state index contributed by atoms with van der Waals surface area (Å²) in [6, 6.07) is 8.77. The quantitative estimate of drug-likeness (QED) is 0.390. The van der Waals surface area contributed by atoms with E-state index in [-0.39, 0.29) is 17.5 Å². The van der Waals surface area contributed by atoms with Crippen molar-refractivity contribution in [3.05, 3.63) is 71.6 Å². The van der Waals surface area contributed by atoms with Gasteiger partial charge in [-0.3, -0.25) is 9.36 Å².